The van der Waals surface area contributed by atoms with E-state index in [2.05, 4.69) is 37.4 Å². The smallest absolute Gasteiger partial charge is 0.126 e. The first-order valence-corrected chi connectivity index (χ1v) is 8.47. The van der Waals surface area contributed by atoms with Crippen LogP contribution in [-0.4, -0.2) is 19.9 Å². The van der Waals surface area contributed by atoms with Crippen molar-refractivity contribution >= 4 is 5.82 Å². The average Bonchev–Trinajstić information content (AvgIpc) is 3.04. The lowest BCUT2D eigenvalue weighted by Crippen LogP contribution is -2.03. The summed E-state index contributed by atoms with van der Waals surface area (Å²) in [5.74, 6) is 1.85. The van der Waals surface area contributed by atoms with E-state index < -0.39 is 0 Å². The molecule has 5 nitrogen and oxygen atoms in total. The molecule has 0 saturated heterocycles. The van der Waals surface area contributed by atoms with Crippen LogP contribution in [0.15, 0.2) is 36.7 Å². The van der Waals surface area contributed by atoms with Gasteiger partial charge in [0.15, 0.2) is 0 Å². The highest BCUT2D eigenvalue weighted by molar-refractivity contribution is 5.62. The summed E-state index contributed by atoms with van der Waals surface area (Å²) in [6, 6.07) is 8.15. The molecule has 0 spiro atoms. The average molecular weight is 319 g/mol. The number of nitrogens with one attached hydrogen (secondary N) is 2. The van der Waals surface area contributed by atoms with Gasteiger partial charge in [0.05, 0.1) is 12.2 Å². The summed E-state index contributed by atoms with van der Waals surface area (Å²) in [6.45, 7) is 2.66. The molecule has 24 heavy (non-hydrogen) atoms. The number of nitrogens with zero attached hydrogens (tertiary/aromatic N) is 3. The minimum Gasteiger partial charge on any atom is -0.363 e. The number of H-pyrrole nitrogens is 1. The lowest BCUT2D eigenvalue weighted by molar-refractivity contribution is 0.667. The van der Waals surface area contributed by atoms with Crippen molar-refractivity contribution in [1.29, 1.82) is 0 Å². The summed E-state index contributed by atoms with van der Waals surface area (Å²) >= 11 is 0. The van der Waals surface area contributed by atoms with E-state index in [4.69, 9.17) is 0 Å². The van der Waals surface area contributed by atoms with Crippen molar-refractivity contribution in [1.82, 2.24) is 19.9 Å². The van der Waals surface area contributed by atoms with Gasteiger partial charge in [-0.3, -0.25) is 4.98 Å². The van der Waals surface area contributed by atoms with Crippen LogP contribution in [0.5, 0.6) is 0 Å². The van der Waals surface area contributed by atoms with Crippen LogP contribution < -0.4 is 5.32 Å². The zero-order valence-electron chi connectivity index (χ0n) is 13.8. The number of hydrogen-bond donors (Lipinski definition) is 2. The van der Waals surface area contributed by atoms with Crippen molar-refractivity contribution < 1.29 is 0 Å². The van der Waals surface area contributed by atoms with E-state index in [9.17, 15) is 0 Å². The summed E-state index contributed by atoms with van der Waals surface area (Å²) in [7, 11) is 0. The molecule has 0 fully saturated rings. The number of rotatable bonds is 4. The number of pyridine rings is 2. The van der Waals surface area contributed by atoms with Gasteiger partial charge in [-0.25, -0.2) is 9.97 Å². The van der Waals surface area contributed by atoms with Crippen molar-refractivity contribution in [3.05, 3.63) is 59.6 Å². The Morgan fingerprint density at radius 3 is 2.50 bits per heavy atom. The molecule has 1 aliphatic rings. The lowest BCUT2D eigenvalue weighted by atomic mass is 10.0. The van der Waals surface area contributed by atoms with Crippen molar-refractivity contribution in [3.63, 3.8) is 0 Å². The normalized spacial score (nSPS) is 13.5. The van der Waals surface area contributed by atoms with Crippen LogP contribution in [0.4, 0.5) is 5.82 Å². The van der Waals surface area contributed by atoms with E-state index in [0.29, 0.717) is 6.54 Å². The molecule has 0 aromatic carbocycles. The minimum absolute atomic E-state index is 0.672. The van der Waals surface area contributed by atoms with E-state index in [1.807, 2.05) is 31.5 Å². The number of imidazole rings is 1. The Balaban J connectivity index is 1.42. The molecule has 1 aliphatic carbocycles. The Hall–Kier alpha value is -2.69. The van der Waals surface area contributed by atoms with E-state index in [0.717, 1.165) is 41.3 Å². The molecule has 0 bridgehead atoms. The fraction of sp³-hybridized carbons (Fsp3) is 0.316. The summed E-state index contributed by atoms with van der Waals surface area (Å²) < 4.78 is 0. The molecule has 3 aromatic heterocycles. The van der Waals surface area contributed by atoms with Crippen LogP contribution in [-0.2, 0) is 19.4 Å². The first-order valence-electron chi connectivity index (χ1n) is 8.47. The van der Waals surface area contributed by atoms with Gasteiger partial charge in [-0.2, -0.15) is 0 Å². The molecule has 0 saturated carbocycles. The number of hydrogen-bond acceptors (Lipinski definition) is 4. The predicted molar refractivity (Wildman–Crippen MR) is 94.8 cm³/mol. The first kappa shape index (κ1) is 14.9. The third kappa shape index (κ3) is 3.15. The third-order valence-corrected chi connectivity index (χ3v) is 4.45. The van der Waals surface area contributed by atoms with Crippen molar-refractivity contribution in [3.8, 4) is 11.1 Å². The second-order valence-corrected chi connectivity index (χ2v) is 6.29. The number of aromatic nitrogens is 4. The third-order valence-electron chi connectivity index (χ3n) is 4.45. The summed E-state index contributed by atoms with van der Waals surface area (Å²) in [6.07, 6.45) is 8.50. The molecule has 0 atom stereocenters. The van der Waals surface area contributed by atoms with Crippen LogP contribution in [0.1, 0.15) is 35.7 Å². The topological polar surface area (TPSA) is 66.5 Å². The quantitative estimate of drug-likeness (QED) is 0.770. The second-order valence-electron chi connectivity index (χ2n) is 6.29. The molecule has 5 heteroatoms. The largest absolute Gasteiger partial charge is 0.363 e. The van der Waals surface area contributed by atoms with Gasteiger partial charge in [-0.05, 0) is 50.8 Å². The van der Waals surface area contributed by atoms with Gasteiger partial charge in [0.25, 0.3) is 0 Å². The fourth-order valence-electron chi connectivity index (χ4n) is 3.08. The Morgan fingerprint density at radius 1 is 1.00 bits per heavy atom. The van der Waals surface area contributed by atoms with E-state index >= 15 is 0 Å². The molecule has 0 amide bonds. The maximum absolute atomic E-state index is 4.69. The van der Waals surface area contributed by atoms with Crippen LogP contribution in [0.2, 0.25) is 0 Å². The predicted octanol–water partition coefficient (Wildman–Crippen LogP) is 3.67. The molecule has 3 heterocycles. The number of anilines is 1. The van der Waals surface area contributed by atoms with Gasteiger partial charge in [0, 0.05) is 34.9 Å². The standard InChI is InChI=1S/C19H21N5/c1-13-6-7-14(10-20-13)15-8-9-18(21-11-15)22-12-19-23-16-4-2-3-5-17(16)24-19/h6-11H,2-5,12H2,1H3,(H,21,22)(H,23,24). The molecule has 2 N–H and O–H groups in total. The van der Waals surface area contributed by atoms with Crippen molar-refractivity contribution in [2.45, 2.75) is 39.2 Å². The van der Waals surface area contributed by atoms with E-state index in [-0.39, 0.29) is 0 Å². The summed E-state index contributed by atoms with van der Waals surface area (Å²) in [4.78, 5) is 16.9. The molecule has 3 aromatic rings. The Kier molecular flexibility index (Phi) is 3.99. The minimum atomic E-state index is 0.672. The van der Waals surface area contributed by atoms with Crippen LogP contribution in [0.25, 0.3) is 11.1 Å². The van der Waals surface area contributed by atoms with Gasteiger partial charge >= 0.3 is 0 Å². The molecular weight excluding hydrogens is 298 g/mol. The van der Waals surface area contributed by atoms with Gasteiger partial charge in [-0.1, -0.05) is 6.07 Å². The van der Waals surface area contributed by atoms with Crippen molar-refractivity contribution in [2.24, 2.45) is 0 Å². The Morgan fingerprint density at radius 2 is 1.79 bits per heavy atom. The highest BCUT2D eigenvalue weighted by Crippen LogP contribution is 2.20. The van der Waals surface area contributed by atoms with Gasteiger partial charge < -0.3 is 10.3 Å². The van der Waals surface area contributed by atoms with E-state index in [1.54, 1.807) is 0 Å². The molecule has 0 unspecified atom stereocenters. The molecule has 122 valence electrons. The van der Waals surface area contributed by atoms with Gasteiger partial charge in [0.1, 0.15) is 11.6 Å². The first-order chi connectivity index (χ1) is 11.8. The zero-order chi connectivity index (χ0) is 16.4. The van der Waals surface area contributed by atoms with Crippen LogP contribution >= 0.6 is 0 Å². The molecule has 0 aliphatic heterocycles. The molecule has 0 radical (unpaired) electrons. The molecule has 4 rings (SSSR count). The highest BCUT2D eigenvalue weighted by atomic mass is 15.0. The SMILES string of the molecule is Cc1ccc(-c2ccc(NCc3nc4c([nH]3)CCCC4)nc2)cn1. The number of aromatic amines is 1. The maximum Gasteiger partial charge on any atom is 0.126 e. The van der Waals surface area contributed by atoms with Gasteiger partial charge in [-0.15, -0.1) is 0 Å². The second kappa shape index (κ2) is 6.43. The Bertz CT molecular complexity index is 794. The maximum atomic E-state index is 4.69. The monoisotopic (exact) mass is 319 g/mol. The van der Waals surface area contributed by atoms with Crippen LogP contribution in [0, 0.1) is 6.92 Å². The fourth-order valence-corrected chi connectivity index (χ4v) is 3.08. The molecular formula is C19H21N5. The van der Waals surface area contributed by atoms with E-state index in [1.165, 1.54) is 24.2 Å². The number of fused-ring (bicyclic) bond motifs is 1. The highest BCUT2D eigenvalue weighted by Gasteiger charge is 2.14. The van der Waals surface area contributed by atoms with Crippen molar-refractivity contribution in [2.75, 3.05) is 5.32 Å². The Labute approximate surface area is 141 Å². The summed E-state index contributed by atoms with van der Waals surface area (Å²) in [5.41, 5.74) is 5.73. The van der Waals surface area contributed by atoms with Crippen LogP contribution in [0.3, 0.4) is 0 Å². The lowest BCUT2D eigenvalue weighted by Gasteiger charge is -2.07. The summed E-state index contributed by atoms with van der Waals surface area (Å²) in [5, 5.41) is 3.34. The van der Waals surface area contributed by atoms with Gasteiger partial charge in [0.2, 0.25) is 0 Å². The zero-order valence-corrected chi connectivity index (χ0v) is 13.8. The number of aryl methyl sites for hydroxylation is 3.